The average molecular weight is 358 g/mol. The smallest absolute Gasteiger partial charge is 0.173 e. The molecule has 1 unspecified atom stereocenters. The van der Waals surface area contributed by atoms with Crippen LogP contribution in [0.25, 0.3) is 0 Å². The van der Waals surface area contributed by atoms with E-state index in [1.54, 1.807) is 6.26 Å². The second-order valence-electron chi connectivity index (χ2n) is 4.32. The van der Waals surface area contributed by atoms with Crippen LogP contribution in [0.1, 0.15) is 32.6 Å². The third kappa shape index (κ3) is 2.50. The van der Waals surface area contributed by atoms with E-state index in [0.717, 1.165) is 10.2 Å². The lowest BCUT2D eigenvalue weighted by molar-refractivity contribution is 0.537. The van der Waals surface area contributed by atoms with Gasteiger partial charge in [-0.2, -0.15) is 0 Å². The van der Waals surface area contributed by atoms with Gasteiger partial charge in [0.2, 0.25) is 0 Å². The summed E-state index contributed by atoms with van der Waals surface area (Å²) in [6.45, 7) is 6.43. The second-order valence-corrected chi connectivity index (χ2v) is 5.96. The van der Waals surface area contributed by atoms with Crippen LogP contribution in [0.2, 0.25) is 0 Å². The van der Waals surface area contributed by atoms with E-state index in [4.69, 9.17) is 4.42 Å². The molecule has 0 saturated carbocycles. The molecular weight excluding hydrogens is 344 g/mol. The zero-order valence-corrected chi connectivity index (χ0v) is 13.2. The van der Waals surface area contributed by atoms with Crippen LogP contribution in [0.5, 0.6) is 0 Å². The number of alkyl halides is 1. The van der Waals surface area contributed by atoms with Gasteiger partial charge in [0.25, 0.3) is 0 Å². The molecule has 0 aliphatic carbocycles. The molecule has 1 aromatic carbocycles. The fraction of sp³-hybridized carbons (Fsp3) is 0.286. The van der Waals surface area contributed by atoms with Crippen LogP contribution >= 0.6 is 31.9 Å². The Morgan fingerprint density at radius 2 is 1.71 bits per heavy atom. The monoisotopic (exact) mass is 356 g/mol. The quantitative estimate of drug-likeness (QED) is 0.651. The molecule has 90 valence electrons. The molecule has 0 saturated heterocycles. The van der Waals surface area contributed by atoms with Crippen molar-refractivity contribution in [3.05, 3.63) is 56.9 Å². The van der Waals surface area contributed by atoms with E-state index in [1.165, 1.54) is 22.3 Å². The highest BCUT2D eigenvalue weighted by Gasteiger charge is 2.19. The van der Waals surface area contributed by atoms with E-state index in [0.29, 0.717) is 0 Å². The number of furan rings is 1. The summed E-state index contributed by atoms with van der Waals surface area (Å²) in [4.78, 5) is 0.163. The Morgan fingerprint density at radius 3 is 2.18 bits per heavy atom. The lowest BCUT2D eigenvalue weighted by atomic mass is 9.95. The van der Waals surface area contributed by atoms with Crippen molar-refractivity contribution in [3.63, 3.8) is 0 Å². The first kappa shape index (κ1) is 12.9. The molecule has 0 spiro atoms. The Bertz CT molecular complexity index is 520. The SMILES string of the molecule is Cc1cc(C)c(C(Br)c2ccoc2Br)c(C)c1. The Balaban J connectivity index is 2.51. The summed E-state index contributed by atoms with van der Waals surface area (Å²) >= 11 is 7.19. The van der Waals surface area contributed by atoms with E-state index in [2.05, 4.69) is 64.8 Å². The van der Waals surface area contributed by atoms with Crippen molar-refractivity contribution in [2.24, 2.45) is 0 Å². The first-order chi connectivity index (χ1) is 8.00. The van der Waals surface area contributed by atoms with E-state index in [-0.39, 0.29) is 4.83 Å². The van der Waals surface area contributed by atoms with E-state index < -0.39 is 0 Å². The van der Waals surface area contributed by atoms with Crippen molar-refractivity contribution in [1.29, 1.82) is 0 Å². The minimum Gasteiger partial charge on any atom is -0.457 e. The van der Waals surface area contributed by atoms with Crippen molar-refractivity contribution < 1.29 is 4.42 Å². The van der Waals surface area contributed by atoms with E-state index in [1.807, 2.05) is 6.07 Å². The van der Waals surface area contributed by atoms with Crippen LogP contribution in [0, 0.1) is 20.8 Å². The van der Waals surface area contributed by atoms with Crippen molar-refractivity contribution in [2.75, 3.05) is 0 Å². The third-order valence-corrected chi connectivity index (χ3v) is 4.51. The molecule has 0 fully saturated rings. The van der Waals surface area contributed by atoms with Gasteiger partial charge in [0.15, 0.2) is 4.67 Å². The van der Waals surface area contributed by atoms with Gasteiger partial charge in [-0.15, -0.1) is 0 Å². The predicted molar refractivity (Wildman–Crippen MR) is 77.8 cm³/mol. The third-order valence-electron chi connectivity index (χ3n) is 2.91. The molecule has 1 heterocycles. The molecule has 3 heteroatoms. The molecule has 2 aromatic rings. The highest BCUT2D eigenvalue weighted by Crippen LogP contribution is 2.39. The molecule has 0 N–H and O–H groups in total. The molecule has 0 aliphatic heterocycles. The van der Waals surface area contributed by atoms with Gasteiger partial charge in [0.1, 0.15) is 0 Å². The van der Waals surface area contributed by atoms with Crippen LogP contribution < -0.4 is 0 Å². The molecule has 1 aromatic heterocycles. The number of benzene rings is 1. The van der Waals surface area contributed by atoms with Crippen LogP contribution in [-0.2, 0) is 0 Å². The number of hydrogen-bond donors (Lipinski definition) is 0. The number of halogens is 2. The van der Waals surface area contributed by atoms with Crippen LogP contribution in [0.3, 0.4) is 0 Å². The molecule has 1 nitrogen and oxygen atoms in total. The molecular formula is C14H14Br2O. The van der Waals surface area contributed by atoms with Gasteiger partial charge in [-0.05, 0) is 59.5 Å². The van der Waals surface area contributed by atoms with Gasteiger partial charge in [-0.1, -0.05) is 33.6 Å². The zero-order chi connectivity index (χ0) is 12.6. The highest BCUT2D eigenvalue weighted by atomic mass is 79.9. The second kappa shape index (κ2) is 4.99. The summed E-state index contributed by atoms with van der Waals surface area (Å²) in [5.74, 6) is 0. The van der Waals surface area contributed by atoms with Crippen LogP contribution in [0.4, 0.5) is 0 Å². The maximum atomic E-state index is 5.30. The Labute approximate surface area is 118 Å². The summed E-state index contributed by atoms with van der Waals surface area (Å²) < 4.78 is 6.09. The normalized spacial score (nSPS) is 12.8. The first-order valence-electron chi connectivity index (χ1n) is 5.45. The molecule has 0 radical (unpaired) electrons. The summed E-state index contributed by atoms with van der Waals surface area (Å²) in [5, 5.41) is 0. The van der Waals surface area contributed by atoms with Crippen molar-refractivity contribution >= 4 is 31.9 Å². The molecule has 1 atom stereocenters. The molecule has 17 heavy (non-hydrogen) atoms. The summed E-state index contributed by atoms with van der Waals surface area (Å²) in [6.07, 6.45) is 1.70. The molecule has 0 amide bonds. The largest absolute Gasteiger partial charge is 0.457 e. The standard InChI is InChI=1S/C14H14Br2O/c1-8-6-9(2)12(10(3)7-8)13(15)11-4-5-17-14(11)16/h4-7,13H,1-3H3. The van der Waals surface area contributed by atoms with Crippen molar-refractivity contribution in [3.8, 4) is 0 Å². The van der Waals surface area contributed by atoms with Gasteiger partial charge in [0.05, 0.1) is 11.1 Å². The summed E-state index contributed by atoms with van der Waals surface area (Å²) in [6, 6.07) is 6.41. The Morgan fingerprint density at radius 1 is 1.12 bits per heavy atom. The fourth-order valence-corrected chi connectivity index (χ4v) is 4.09. The van der Waals surface area contributed by atoms with Crippen molar-refractivity contribution in [2.45, 2.75) is 25.6 Å². The summed E-state index contributed by atoms with van der Waals surface area (Å²) in [5.41, 5.74) is 6.35. The molecule has 0 bridgehead atoms. The number of aryl methyl sites for hydroxylation is 3. The fourth-order valence-electron chi connectivity index (χ4n) is 2.23. The molecule has 2 rings (SSSR count). The van der Waals surface area contributed by atoms with Crippen molar-refractivity contribution in [1.82, 2.24) is 0 Å². The van der Waals surface area contributed by atoms with E-state index in [9.17, 15) is 0 Å². The van der Waals surface area contributed by atoms with Gasteiger partial charge in [-0.3, -0.25) is 0 Å². The molecule has 0 aliphatic rings. The van der Waals surface area contributed by atoms with Gasteiger partial charge < -0.3 is 4.42 Å². The zero-order valence-electron chi connectivity index (χ0n) is 10.1. The number of rotatable bonds is 2. The minimum absolute atomic E-state index is 0.163. The maximum Gasteiger partial charge on any atom is 0.173 e. The first-order valence-corrected chi connectivity index (χ1v) is 7.16. The predicted octanol–water partition coefficient (Wildman–Crippen LogP) is 5.45. The van der Waals surface area contributed by atoms with Crippen LogP contribution in [0.15, 0.2) is 33.5 Å². The Hall–Kier alpha value is -0.540. The number of hydrogen-bond acceptors (Lipinski definition) is 1. The summed E-state index contributed by atoms with van der Waals surface area (Å²) in [7, 11) is 0. The van der Waals surface area contributed by atoms with E-state index >= 15 is 0 Å². The Kier molecular flexibility index (Phi) is 3.79. The van der Waals surface area contributed by atoms with Gasteiger partial charge in [-0.25, -0.2) is 0 Å². The van der Waals surface area contributed by atoms with Gasteiger partial charge >= 0.3 is 0 Å². The topological polar surface area (TPSA) is 13.1 Å². The lowest BCUT2D eigenvalue weighted by Crippen LogP contribution is -1.99. The lowest BCUT2D eigenvalue weighted by Gasteiger charge is -2.16. The highest BCUT2D eigenvalue weighted by molar-refractivity contribution is 9.10. The maximum absolute atomic E-state index is 5.30. The van der Waals surface area contributed by atoms with Gasteiger partial charge in [0, 0.05) is 5.56 Å². The average Bonchev–Trinajstić information content (AvgIpc) is 2.62. The minimum atomic E-state index is 0.163. The van der Waals surface area contributed by atoms with Crippen LogP contribution in [-0.4, -0.2) is 0 Å².